The van der Waals surface area contributed by atoms with E-state index in [1.165, 1.54) is 0 Å². The molecule has 32 heavy (non-hydrogen) atoms. The second-order valence-corrected chi connectivity index (χ2v) is 8.03. The Morgan fingerprint density at radius 1 is 1.03 bits per heavy atom. The summed E-state index contributed by atoms with van der Waals surface area (Å²) in [6.07, 6.45) is 4.03. The fraction of sp³-hybridized carbons (Fsp3) is 0.259. The predicted octanol–water partition coefficient (Wildman–Crippen LogP) is 5.52. The van der Waals surface area contributed by atoms with Gasteiger partial charge in [-0.15, -0.1) is 0 Å². The molecule has 0 saturated heterocycles. The molecule has 164 valence electrons. The van der Waals surface area contributed by atoms with Gasteiger partial charge in [0.15, 0.2) is 0 Å². The zero-order chi connectivity index (χ0) is 22.5. The van der Waals surface area contributed by atoms with Crippen molar-refractivity contribution in [2.75, 3.05) is 7.11 Å². The Kier molecular flexibility index (Phi) is 6.55. The molecule has 2 aromatic heterocycles. The molecule has 1 atom stereocenters. The summed E-state index contributed by atoms with van der Waals surface area (Å²) in [6.45, 7) is 4.10. The number of nitrogens with one attached hydrogen (secondary N) is 1. The number of imidazole rings is 1. The van der Waals surface area contributed by atoms with E-state index in [4.69, 9.17) is 9.72 Å². The van der Waals surface area contributed by atoms with Gasteiger partial charge in [0, 0.05) is 24.2 Å². The minimum absolute atomic E-state index is 0.0603. The van der Waals surface area contributed by atoms with E-state index in [1.54, 1.807) is 7.11 Å². The molecule has 0 aliphatic rings. The van der Waals surface area contributed by atoms with E-state index < -0.39 is 0 Å². The number of benzene rings is 2. The molecule has 0 bridgehead atoms. The second-order valence-electron chi connectivity index (χ2n) is 8.03. The van der Waals surface area contributed by atoms with Crippen LogP contribution in [0.4, 0.5) is 0 Å². The molecule has 1 N–H and O–H groups in total. The van der Waals surface area contributed by atoms with Gasteiger partial charge in [0.05, 0.1) is 18.5 Å². The third kappa shape index (κ3) is 4.67. The summed E-state index contributed by atoms with van der Waals surface area (Å²) >= 11 is 0. The van der Waals surface area contributed by atoms with Gasteiger partial charge in [0.2, 0.25) is 5.91 Å². The Morgan fingerprint density at radius 3 is 2.56 bits per heavy atom. The number of hydrogen-bond donors (Lipinski definition) is 1. The van der Waals surface area contributed by atoms with Crippen LogP contribution in [0.25, 0.3) is 28.0 Å². The van der Waals surface area contributed by atoms with Crippen molar-refractivity contribution in [3.8, 4) is 28.1 Å². The van der Waals surface area contributed by atoms with Crippen molar-refractivity contribution in [1.82, 2.24) is 14.7 Å². The fourth-order valence-electron chi connectivity index (χ4n) is 3.82. The highest BCUT2D eigenvalue weighted by molar-refractivity contribution is 5.77. The summed E-state index contributed by atoms with van der Waals surface area (Å²) in [5, 5.41) is 3.07. The van der Waals surface area contributed by atoms with E-state index in [9.17, 15) is 4.79 Å². The lowest BCUT2D eigenvalue weighted by Gasteiger charge is -2.12. The fourth-order valence-corrected chi connectivity index (χ4v) is 3.82. The van der Waals surface area contributed by atoms with E-state index in [2.05, 4.69) is 41.0 Å². The minimum atomic E-state index is 0.0603. The van der Waals surface area contributed by atoms with Gasteiger partial charge >= 0.3 is 0 Å². The Bertz CT molecular complexity index is 1210. The van der Waals surface area contributed by atoms with Gasteiger partial charge in [0.1, 0.15) is 11.4 Å². The molecule has 0 aliphatic heterocycles. The summed E-state index contributed by atoms with van der Waals surface area (Å²) in [5.41, 5.74) is 5.99. The van der Waals surface area contributed by atoms with Crippen molar-refractivity contribution in [2.24, 2.45) is 0 Å². The van der Waals surface area contributed by atoms with Gasteiger partial charge in [-0.3, -0.25) is 4.79 Å². The molecular weight excluding hydrogens is 398 g/mol. The highest BCUT2D eigenvalue weighted by atomic mass is 16.5. The SMILES string of the molecule is CC[C@H](C)NC(=O)CCc1c(-c2cccc(OC)c2)nc2ccc(-c3ccccc3)cn12. The van der Waals surface area contributed by atoms with E-state index in [0.29, 0.717) is 12.8 Å². The van der Waals surface area contributed by atoms with E-state index in [1.807, 2.05) is 55.5 Å². The quantitative estimate of drug-likeness (QED) is 0.403. The van der Waals surface area contributed by atoms with Crippen molar-refractivity contribution in [3.05, 3.63) is 78.6 Å². The molecule has 0 aliphatic carbocycles. The third-order valence-corrected chi connectivity index (χ3v) is 5.78. The minimum Gasteiger partial charge on any atom is -0.497 e. The maximum atomic E-state index is 12.5. The van der Waals surface area contributed by atoms with Crippen LogP contribution in [0.2, 0.25) is 0 Å². The average molecular weight is 428 g/mol. The van der Waals surface area contributed by atoms with Gasteiger partial charge in [-0.05, 0) is 55.2 Å². The molecular formula is C27H29N3O2. The number of aryl methyl sites for hydroxylation is 1. The Labute approximate surface area is 189 Å². The van der Waals surface area contributed by atoms with Crippen molar-refractivity contribution in [3.63, 3.8) is 0 Å². The molecule has 5 nitrogen and oxygen atoms in total. The number of ether oxygens (including phenoxy) is 1. The van der Waals surface area contributed by atoms with Crippen molar-refractivity contribution in [1.29, 1.82) is 0 Å². The summed E-state index contributed by atoms with van der Waals surface area (Å²) in [4.78, 5) is 17.4. The van der Waals surface area contributed by atoms with E-state index >= 15 is 0 Å². The molecule has 5 heteroatoms. The van der Waals surface area contributed by atoms with Crippen LogP contribution < -0.4 is 10.1 Å². The van der Waals surface area contributed by atoms with Crippen LogP contribution >= 0.6 is 0 Å². The van der Waals surface area contributed by atoms with E-state index in [0.717, 1.165) is 45.9 Å². The lowest BCUT2D eigenvalue weighted by atomic mass is 10.1. The summed E-state index contributed by atoms with van der Waals surface area (Å²) in [7, 11) is 1.66. The van der Waals surface area contributed by atoms with Crippen LogP contribution in [0.1, 0.15) is 32.4 Å². The normalized spacial score (nSPS) is 12.0. The topological polar surface area (TPSA) is 55.6 Å². The monoisotopic (exact) mass is 427 g/mol. The summed E-state index contributed by atoms with van der Waals surface area (Å²) < 4.78 is 7.54. The number of amides is 1. The summed E-state index contributed by atoms with van der Waals surface area (Å²) in [6, 6.07) is 22.5. The molecule has 4 aromatic rings. The van der Waals surface area contributed by atoms with Crippen LogP contribution in [-0.4, -0.2) is 28.4 Å². The van der Waals surface area contributed by atoms with Gasteiger partial charge in [-0.1, -0.05) is 49.4 Å². The number of nitrogens with zero attached hydrogens (tertiary/aromatic N) is 2. The second kappa shape index (κ2) is 9.69. The first-order valence-electron chi connectivity index (χ1n) is 11.1. The number of carbonyl (C=O) groups excluding carboxylic acids is 1. The summed E-state index contributed by atoms with van der Waals surface area (Å²) in [5.74, 6) is 0.843. The largest absolute Gasteiger partial charge is 0.497 e. The number of fused-ring (bicyclic) bond motifs is 1. The smallest absolute Gasteiger partial charge is 0.220 e. The van der Waals surface area contributed by atoms with Crippen molar-refractivity contribution >= 4 is 11.6 Å². The number of pyridine rings is 1. The van der Waals surface area contributed by atoms with Gasteiger partial charge in [-0.2, -0.15) is 0 Å². The molecule has 0 fully saturated rings. The standard InChI is InChI=1S/C27H29N3O2/c1-4-19(2)28-26(31)16-14-24-27(21-11-8-12-23(17-21)32-3)29-25-15-13-22(18-30(24)25)20-9-6-5-7-10-20/h5-13,15,17-19H,4,14,16H2,1-3H3,(H,28,31)/t19-/m0/s1. The van der Waals surface area contributed by atoms with Crippen LogP contribution in [0.15, 0.2) is 72.9 Å². The zero-order valence-corrected chi connectivity index (χ0v) is 18.8. The number of rotatable bonds is 8. The lowest BCUT2D eigenvalue weighted by Crippen LogP contribution is -2.32. The van der Waals surface area contributed by atoms with Crippen LogP contribution in [0.5, 0.6) is 5.75 Å². The Balaban J connectivity index is 1.77. The van der Waals surface area contributed by atoms with Crippen molar-refractivity contribution in [2.45, 2.75) is 39.2 Å². The maximum Gasteiger partial charge on any atom is 0.220 e. The van der Waals surface area contributed by atoms with E-state index in [-0.39, 0.29) is 11.9 Å². The first kappa shape index (κ1) is 21.6. The number of aromatic nitrogens is 2. The highest BCUT2D eigenvalue weighted by Gasteiger charge is 2.17. The third-order valence-electron chi connectivity index (χ3n) is 5.78. The number of hydrogen-bond acceptors (Lipinski definition) is 3. The first-order chi connectivity index (χ1) is 15.6. The molecule has 0 radical (unpaired) electrons. The number of carbonyl (C=O) groups is 1. The molecule has 2 heterocycles. The predicted molar refractivity (Wildman–Crippen MR) is 129 cm³/mol. The Morgan fingerprint density at radius 2 is 1.81 bits per heavy atom. The van der Waals surface area contributed by atoms with Crippen LogP contribution in [0, 0.1) is 0 Å². The highest BCUT2D eigenvalue weighted by Crippen LogP contribution is 2.30. The molecule has 1 amide bonds. The number of methoxy groups -OCH3 is 1. The zero-order valence-electron chi connectivity index (χ0n) is 18.8. The molecule has 0 unspecified atom stereocenters. The van der Waals surface area contributed by atoms with Crippen LogP contribution in [0.3, 0.4) is 0 Å². The van der Waals surface area contributed by atoms with Gasteiger partial charge < -0.3 is 14.5 Å². The Hall–Kier alpha value is -3.60. The van der Waals surface area contributed by atoms with Crippen LogP contribution in [-0.2, 0) is 11.2 Å². The van der Waals surface area contributed by atoms with Crippen molar-refractivity contribution < 1.29 is 9.53 Å². The van der Waals surface area contributed by atoms with Gasteiger partial charge in [-0.25, -0.2) is 4.98 Å². The average Bonchev–Trinajstić information content (AvgIpc) is 3.21. The molecule has 4 rings (SSSR count). The maximum absolute atomic E-state index is 12.5. The first-order valence-corrected chi connectivity index (χ1v) is 11.1. The lowest BCUT2D eigenvalue weighted by molar-refractivity contribution is -0.121. The molecule has 0 saturated carbocycles. The molecule has 2 aromatic carbocycles. The van der Waals surface area contributed by atoms with Gasteiger partial charge in [0.25, 0.3) is 0 Å². The molecule has 0 spiro atoms.